The molecule has 0 aliphatic carbocycles. The first-order chi connectivity index (χ1) is 11.1. The zero-order valence-electron chi connectivity index (χ0n) is 15.3. The molecule has 0 fully saturated rings. The third-order valence-electron chi connectivity index (χ3n) is 5.07. The van der Waals surface area contributed by atoms with E-state index in [1.54, 1.807) is 12.1 Å². The number of alkyl halides is 3. The molecule has 0 saturated heterocycles. The topological polar surface area (TPSA) is 20.2 Å². The fraction of sp³-hybridized carbons (Fsp3) is 0.684. The summed E-state index contributed by atoms with van der Waals surface area (Å²) in [7, 11) is -2.16. The minimum Gasteiger partial charge on any atom is -0.431 e. The van der Waals surface area contributed by atoms with Crippen LogP contribution in [0.15, 0.2) is 24.3 Å². The summed E-state index contributed by atoms with van der Waals surface area (Å²) in [5, 5.41) is 0. The zero-order valence-corrected chi connectivity index (χ0v) is 16.3. The Balaban J connectivity index is 2.29. The lowest BCUT2D eigenvalue weighted by Crippen LogP contribution is -2.41. The molecule has 5 heteroatoms. The van der Waals surface area contributed by atoms with Crippen LogP contribution in [-0.4, -0.2) is 13.1 Å². The Bertz CT molecular complexity index is 472. The summed E-state index contributed by atoms with van der Waals surface area (Å²) in [5.41, 5.74) is 1.13. The van der Waals surface area contributed by atoms with Crippen LogP contribution in [0.1, 0.15) is 64.5 Å². The Kier molecular flexibility index (Phi) is 8.00. The van der Waals surface area contributed by atoms with Gasteiger partial charge in [-0.05, 0) is 47.7 Å². The molecule has 0 unspecified atom stereocenters. The molecule has 1 nitrogen and oxygen atoms in total. The van der Waals surface area contributed by atoms with Crippen molar-refractivity contribution in [3.05, 3.63) is 35.4 Å². The van der Waals surface area contributed by atoms with Crippen molar-refractivity contribution in [1.82, 2.24) is 0 Å². The number of benzene rings is 1. The van der Waals surface area contributed by atoms with Crippen LogP contribution in [0.4, 0.5) is 13.2 Å². The minimum atomic E-state index is -4.26. The van der Waals surface area contributed by atoms with Gasteiger partial charge in [-0.25, -0.2) is 0 Å². The van der Waals surface area contributed by atoms with E-state index < -0.39 is 20.1 Å². The van der Waals surface area contributed by atoms with E-state index in [-0.39, 0.29) is 0 Å². The molecule has 24 heavy (non-hydrogen) atoms. The Morgan fingerprint density at radius 3 is 1.83 bits per heavy atom. The summed E-state index contributed by atoms with van der Waals surface area (Å²) < 4.78 is 37.5. The number of halogens is 3. The van der Waals surface area contributed by atoms with Crippen molar-refractivity contribution in [1.29, 1.82) is 0 Å². The van der Waals surface area contributed by atoms with Gasteiger partial charge in [0.2, 0.25) is 0 Å². The maximum Gasteiger partial charge on any atom is 0.416 e. The smallest absolute Gasteiger partial charge is 0.416 e. The van der Waals surface area contributed by atoms with Gasteiger partial charge in [0.1, 0.15) is 0 Å². The summed E-state index contributed by atoms with van der Waals surface area (Å²) in [6, 6.07) is 6.42. The number of rotatable bonds is 9. The van der Waals surface area contributed by atoms with E-state index in [2.05, 4.69) is 27.7 Å². The lowest BCUT2D eigenvalue weighted by Gasteiger charge is -2.33. The van der Waals surface area contributed by atoms with Gasteiger partial charge in [0.15, 0.2) is 8.32 Å². The van der Waals surface area contributed by atoms with Gasteiger partial charge in [0, 0.05) is 0 Å². The molecule has 0 spiro atoms. The molecule has 1 rings (SSSR count). The summed E-state index contributed by atoms with van der Waals surface area (Å²) in [6.45, 7) is 8.49. The molecule has 0 aliphatic heterocycles. The van der Waals surface area contributed by atoms with Crippen LogP contribution in [0.25, 0.3) is 0 Å². The van der Waals surface area contributed by atoms with E-state index in [0.717, 1.165) is 55.8 Å². The van der Waals surface area contributed by atoms with Gasteiger partial charge in [-0.2, -0.15) is 13.2 Å². The molecule has 1 N–H and O–H groups in total. The predicted molar refractivity (Wildman–Crippen MR) is 96.6 cm³/mol. The second kappa shape index (κ2) is 9.04. The fourth-order valence-corrected chi connectivity index (χ4v) is 6.50. The molecule has 0 aromatic heterocycles. The summed E-state index contributed by atoms with van der Waals surface area (Å²) in [6.07, 6.45) is 0.720. The molecular weight excluding hydrogens is 329 g/mol. The van der Waals surface area contributed by atoms with Crippen LogP contribution in [0, 0.1) is 0 Å². The summed E-state index contributed by atoms with van der Waals surface area (Å²) in [4.78, 5) is 10.8. The standard InChI is InChI=1S/C19H31F3OSi/c1-15(2)24(23,16(3)4)14-8-6-5-7-9-17-10-12-18(13-11-17)19(20,21)22/h10-13,15-16,23H,5-9,14H2,1-4H3. The Labute approximate surface area is 145 Å². The quantitative estimate of drug-likeness (QED) is 0.390. The van der Waals surface area contributed by atoms with Gasteiger partial charge >= 0.3 is 6.18 Å². The van der Waals surface area contributed by atoms with Gasteiger partial charge in [-0.3, -0.25) is 0 Å². The Morgan fingerprint density at radius 2 is 1.38 bits per heavy atom. The molecule has 138 valence electrons. The SMILES string of the molecule is CC(C)[Si](O)(CCCCCCc1ccc(C(F)(F)F)cc1)C(C)C. The third-order valence-corrected chi connectivity index (χ3v) is 10.2. The zero-order chi connectivity index (χ0) is 18.4. The van der Waals surface area contributed by atoms with Crippen LogP contribution in [0.2, 0.25) is 17.1 Å². The van der Waals surface area contributed by atoms with Crippen molar-refractivity contribution in [2.75, 3.05) is 0 Å². The van der Waals surface area contributed by atoms with Gasteiger partial charge in [-0.15, -0.1) is 0 Å². The molecule has 0 bridgehead atoms. The van der Waals surface area contributed by atoms with Gasteiger partial charge in [0.05, 0.1) is 5.56 Å². The highest BCUT2D eigenvalue weighted by Gasteiger charge is 2.37. The van der Waals surface area contributed by atoms with E-state index in [4.69, 9.17) is 0 Å². The monoisotopic (exact) mass is 360 g/mol. The van der Waals surface area contributed by atoms with Crippen LogP contribution in [0.3, 0.4) is 0 Å². The molecule has 0 saturated carbocycles. The van der Waals surface area contributed by atoms with Crippen molar-refractivity contribution in [3.63, 3.8) is 0 Å². The van der Waals surface area contributed by atoms with E-state index >= 15 is 0 Å². The highest BCUT2D eigenvalue weighted by Crippen LogP contribution is 2.35. The largest absolute Gasteiger partial charge is 0.431 e. The van der Waals surface area contributed by atoms with Crippen molar-refractivity contribution in [3.8, 4) is 0 Å². The Morgan fingerprint density at radius 1 is 0.875 bits per heavy atom. The van der Waals surface area contributed by atoms with Crippen LogP contribution < -0.4 is 0 Å². The van der Waals surface area contributed by atoms with E-state index in [1.807, 2.05) is 0 Å². The number of hydrogen-bond acceptors (Lipinski definition) is 1. The minimum absolute atomic E-state index is 0.379. The molecule has 0 radical (unpaired) electrons. The molecule has 1 aromatic rings. The lowest BCUT2D eigenvalue weighted by atomic mass is 10.0. The maximum atomic E-state index is 12.5. The highest BCUT2D eigenvalue weighted by atomic mass is 28.4. The van der Waals surface area contributed by atoms with Crippen LogP contribution >= 0.6 is 0 Å². The average molecular weight is 361 g/mol. The van der Waals surface area contributed by atoms with E-state index in [1.165, 1.54) is 0 Å². The number of unbranched alkanes of at least 4 members (excludes halogenated alkanes) is 3. The summed E-state index contributed by atoms with van der Waals surface area (Å²) in [5.74, 6) is 0. The van der Waals surface area contributed by atoms with Gasteiger partial charge < -0.3 is 4.80 Å². The first-order valence-corrected chi connectivity index (χ1v) is 11.3. The van der Waals surface area contributed by atoms with Crippen molar-refractivity contribution < 1.29 is 18.0 Å². The van der Waals surface area contributed by atoms with E-state index in [0.29, 0.717) is 11.1 Å². The van der Waals surface area contributed by atoms with Crippen molar-refractivity contribution in [2.24, 2.45) is 0 Å². The molecule has 0 aliphatic rings. The van der Waals surface area contributed by atoms with Crippen molar-refractivity contribution >= 4 is 8.32 Å². The second-order valence-corrected chi connectivity index (χ2v) is 12.2. The van der Waals surface area contributed by atoms with E-state index in [9.17, 15) is 18.0 Å². The van der Waals surface area contributed by atoms with Crippen LogP contribution in [-0.2, 0) is 12.6 Å². The average Bonchev–Trinajstić information content (AvgIpc) is 2.49. The maximum absolute atomic E-state index is 12.5. The molecule has 0 heterocycles. The number of aryl methyl sites for hydroxylation is 1. The van der Waals surface area contributed by atoms with Crippen LogP contribution in [0.5, 0.6) is 0 Å². The summed E-state index contributed by atoms with van der Waals surface area (Å²) >= 11 is 0. The van der Waals surface area contributed by atoms with Gasteiger partial charge in [0.25, 0.3) is 0 Å². The predicted octanol–water partition coefficient (Wildman–Crippen LogP) is 6.57. The van der Waals surface area contributed by atoms with Crippen molar-refractivity contribution in [2.45, 2.75) is 83.1 Å². The molecule has 1 aromatic carbocycles. The molecule has 0 atom stereocenters. The normalized spacial score (nSPS) is 13.1. The highest BCUT2D eigenvalue weighted by molar-refractivity contribution is 6.75. The lowest BCUT2D eigenvalue weighted by molar-refractivity contribution is -0.137. The molecule has 0 amide bonds. The second-order valence-electron chi connectivity index (χ2n) is 7.41. The third kappa shape index (κ3) is 6.24. The first kappa shape index (κ1) is 21.2. The fourth-order valence-electron chi connectivity index (χ4n) is 3.20. The Hall–Kier alpha value is -0.813. The first-order valence-electron chi connectivity index (χ1n) is 8.96. The molecular formula is C19H31F3OSi. The number of hydrogen-bond donors (Lipinski definition) is 1. The van der Waals surface area contributed by atoms with Gasteiger partial charge in [-0.1, -0.05) is 59.1 Å².